The molecule has 0 spiro atoms. The molecule has 0 aliphatic rings. The highest BCUT2D eigenvalue weighted by atomic mass is 35.5. The monoisotopic (exact) mass is 285 g/mol. The molecule has 0 saturated carbocycles. The van der Waals surface area contributed by atoms with E-state index in [-0.39, 0.29) is 10.7 Å². The van der Waals surface area contributed by atoms with Gasteiger partial charge in [-0.2, -0.15) is 23.5 Å². The standard InChI is InChI=1S/C12H7ClF3N3/c1-7-10(12(14,15)16)18-19(11(7)13)9-4-2-8(6-17)3-5-9/h2-5H,1H3. The minimum atomic E-state index is -4.55. The first kappa shape index (κ1) is 13.4. The second-order valence-electron chi connectivity index (χ2n) is 3.83. The molecule has 0 radical (unpaired) electrons. The molecule has 98 valence electrons. The van der Waals surface area contributed by atoms with E-state index in [0.29, 0.717) is 11.3 Å². The summed E-state index contributed by atoms with van der Waals surface area (Å²) in [7, 11) is 0. The van der Waals surface area contributed by atoms with Gasteiger partial charge in [0.1, 0.15) is 5.15 Å². The number of nitriles is 1. The molecule has 1 aromatic carbocycles. The Bertz CT molecular complexity index is 651. The Labute approximate surface area is 111 Å². The number of alkyl halides is 3. The van der Waals surface area contributed by atoms with Crippen molar-refractivity contribution in [2.24, 2.45) is 0 Å². The third-order valence-corrected chi connectivity index (χ3v) is 3.00. The van der Waals surface area contributed by atoms with E-state index in [2.05, 4.69) is 5.10 Å². The van der Waals surface area contributed by atoms with Gasteiger partial charge in [0, 0.05) is 5.56 Å². The fourth-order valence-electron chi connectivity index (χ4n) is 1.59. The lowest BCUT2D eigenvalue weighted by molar-refractivity contribution is -0.141. The number of benzene rings is 1. The van der Waals surface area contributed by atoms with Crippen molar-refractivity contribution in [1.29, 1.82) is 5.26 Å². The molecule has 0 amide bonds. The SMILES string of the molecule is Cc1c(C(F)(F)F)nn(-c2ccc(C#N)cc2)c1Cl. The summed E-state index contributed by atoms with van der Waals surface area (Å²) in [5.74, 6) is 0. The molecule has 1 aromatic heterocycles. The van der Waals surface area contributed by atoms with Gasteiger partial charge in [0.15, 0.2) is 5.69 Å². The van der Waals surface area contributed by atoms with E-state index in [1.165, 1.54) is 31.2 Å². The largest absolute Gasteiger partial charge is 0.435 e. The van der Waals surface area contributed by atoms with E-state index >= 15 is 0 Å². The molecule has 0 unspecified atom stereocenters. The van der Waals surface area contributed by atoms with E-state index in [9.17, 15) is 13.2 Å². The van der Waals surface area contributed by atoms with Gasteiger partial charge in [0.05, 0.1) is 17.3 Å². The van der Waals surface area contributed by atoms with E-state index in [1.807, 2.05) is 6.07 Å². The van der Waals surface area contributed by atoms with Crippen molar-refractivity contribution < 1.29 is 13.2 Å². The molecule has 0 atom stereocenters. The average molecular weight is 286 g/mol. The molecule has 2 aromatic rings. The molecule has 1 heterocycles. The van der Waals surface area contributed by atoms with Gasteiger partial charge in [0.2, 0.25) is 0 Å². The maximum atomic E-state index is 12.7. The van der Waals surface area contributed by atoms with Crippen LogP contribution in [0, 0.1) is 18.3 Å². The van der Waals surface area contributed by atoms with Crippen molar-refractivity contribution in [2.75, 3.05) is 0 Å². The van der Waals surface area contributed by atoms with Gasteiger partial charge in [-0.05, 0) is 31.2 Å². The Balaban J connectivity index is 2.54. The van der Waals surface area contributed by atoms with Crippen LogP contribution < -0.4 is 0 Å². The molecule has 0 N–H and O–H groups in total. The molecule has 0 fully saturated rings. The van der Waals surface area contributed by atoms with Crippen LogP contribution >= 0.6 is 11.6 Å². The molecular formula is C12H7ClF3N3. The van der Waals surface area contributed by atoms with Gasteiger partial charge in [-0.3, -0.25) is 0 Å². The fourth-order valence-corrected chi connectivity index (χ4v) is 1.82. The second-order valence-corrected chi connectivity index (χ2v) is 4.19. The number of hydrogen-bond donors (Lipinski definition) is 0. The van der Waals surface area contributed by atoms with Crippen molar-refractivity contribution in [1.82, 2.24) is 9.78 Å². The van der Waals surface area contributed by atoms with Crippen LogP contribution in [0.1, 0.15) is 16.8 Å². The van der Waals surface area contributed by atoms with Crippen LogP contribution in [-0.4, -0.2) is 9.78 Å². The van der Waals surface area contributed by atoms with Crippen LogP contribution in [0.2, 0.25) is 5.15 Å². The smallest absolute Gasteiger partial charge is 0.221 e. The minimum absolute atomic E-state index is 0.1000. The predicted molar refractivity (Wildman–Crippen MR) is 63.0 cm³/mol. The van der Waals surface area contributed by atoms with Crippen LogP contribution in [0.25, 0.3) is 5.69 Å². The van der Waals surface area contributed by atoms with E-state index in [1.54, 1.807) is 0 Å². The van der Waals surface area contributed by atoms with Crippen molar-refractivity contribution in [3.8, 4) is 11.8 Å². The number of nitrogens with zero attached hydrogens (tertiary/aromatic N) is 3. The van der Waals surface area contributed by atoms with Gasteiger partial charge in [0.25, 0.3) is 0 Å². The third-order valence-electron chi connectivity index (χ3n) is 2.56. The topological polar surface area (TPSA) is 41.6 Å². The summed E-state index contributed by atoms with van der Waals surface area (Å²) in [6.07, 6.45) is -4.55. The molecular weight excluding hydrogens is 279 g/mol. The highest BCUT2D eigenvalue weighted by Crippen LogP contribution is 2.34. The summed E-state index contributed by atoms with van der Waals surface area (Å²) >= 11 is 5.86. The van der Waals surface area contributed by atoms with Crippen molar-refractivity contribution >= 4 is 11.6 Å². The van der Waals surface area contributed by atoms with Gasteiger partial charge in [-0.15, -0.1) is 0 Å². The molecule has 0 saturated heterocycles. The Kier molecular flexibility index (Phi) is 3.25. The van der Waals surface area contributed by atoms with Gasteiger partial charge >= 0.3 is 6.18 Å². The van der Waals surface area contributed by atoms with Gasteiger partial charge in [-0.25, -0.2) is 4.68 Å². The highest BCUT2D eigenvalue weighted by Gasteiger charge is 2.37. The Morgan fingerprint density at radius 1 is 1.26 bits per heavy atom. The zero-order valence-corrected chi connectivity index (χ0v) is 10.4. The van der Waals surface area contributed by atoms with Crippen LogP contribution in [-0.2, 0) is 6.18 Å². The zero-order valence-electron chi connectivity index (χ0n) is 9.66. The van der Waals surface area contributed by atoms with Crippen molar-refractivity contribution in [2.45, 2.75) is 13.1 Å². The number of hydrogen-bond acceptors (Lipinski definition) is 2. The van der Waals surface area contributed by atoms with Gasteiger partial charge < -0.3 is 0 Å². The molecule has 3 nitrogen and oxygen atoms in total. The van der Waals surface area contributed by atoms with E-state index < -0.39 is 11.9 Å². The third kappa shape index (κ3) is 2.42. The van der Waals surface area contributed by atoms with Crippen LogP contribution in [0.4, 0.5) is 13.2 Å². The summed E-state index contributed by atoms with van der Waals surface area (Å²) < 4.78 is 39.1. The lowest BCUT2D eigenvalue weighted by atomic mass is 10.2. The Hall–Kier alpha value is -2.00. The molecule has 2 rings (SSSR count). The van der Waals surface area contributed by atoms with Crippen LogP contribution in [0.15, 0.2) is 24.3 Å². The average Bonchev–Trinajstić information content (AvgIpc) is 2.66. The first-order chi connectivity index (χ1) is 8.84. The van der Waals surface area contributed by atoms with Gasteiger partial charge in [-0.1, -0.05) is 11.6 Å². The summed E-state index contributed by atoms with van der Waals surface area (Å²) in [4.78, 5) is 0. The molecule has 0 aliphatic heterocycles. The van der Waals surface area contributed by atoms with Crippen molar-refractivity contribution in [3.05, 3.63) is 46.2 Å². The summed E-state index contributed by atoms with van der Waals surface area (Å²) in [6, 6.07) is 7.85. The maximum Gasteiger partial charge on any atom is 0.435 e. The quantitative estimate of drug-likeness (QED) is 0.801. The lowest BCUT2D eigenvalue weighted by Gasteiger charge is -2.03. The summed E-state index contributed by atoms with van der Waals surface area (Å²) in [6.45, 7) is 1.26. The number of aromatic nitrogens is 2. The van der Waals surface area contributed by atoms with Crippen molar-refractivity contribution in [3.63, 3.8) is 0 Å². The first-order valence-electron chi connectivity index (χ1n) is 5.17. The normalized spacial score (nSPS) is 11.4. The first-order valence-corrected chi connectivity index (χ1v) is 5.55. The minimum Gasteiger partial charge on any atom is -0.221 e. The Morgan fingerprint density at radius 3 is 2.26 bits per heavy atom. The molecule has 0 bridgehead atoms. The lowest BCUT2D eigenvalue weighted by Crippen LogP contribution is -2.08. The number of halogens is 4. The van der Waals surface area contributed by atoms with Crippen LogP contribution in [0.5, 0.6) is 0 Å². The number of rotatable bonds is 1. The second kappa shape index (κ2) is 4.59. The molecule has 7 heteroatoms. The maximum absolute atomic E-state index is 12.7. The summed E-state index contributed by atoms with van der Waals surface area (Å²) in [5.41, 5.74) is -0.372. The van der Waals surface area contributed by atoms with Crippen LogP contribution in [0.3, 0.4) is 0 Å². The molecule has 19 heavy (non-hydrogen) atoms. The van der Waals surface area contributed by atoms with E-state index in [4.69, 9.17) is 16.9 Å². The van der Waals surface area contributed by atoms with E-state index in [0.717, 1.165) is 4.68 Å². The predicted octanol–water partition coefficient (Wildman–Crippen LogP) is 3.72. The highest BCUT2D eigenvalue weighted by molar-refractivity contribution is 6.30. The Morgan fingerprint density at radius 2 is 1.84 bits per heavy atom. The molecule has 0 aliphatic carbocycles. The zero-order chi connectivity index (χ0) is 14.2. The fraction of sp³-hybridized carbons (Fsp3) is 0.167. The summed E-state index contributed by atoms with van der Waals surface area (Å²) in [5, 5.41) is 12.0.